The number of hydrogen-bond acceptors (Lipinski definition) is 10. The number of amides is 2. The van der Waals surface area contributed by atoms with Gasteiger partial charge < -0.3 is 45.1 Å². The second kappa shape index (κ2) is 25.6. The molecular formula is C25H45N3O11. The van der Waals surface area contributed by atoms with E-state index in [-0.39, 0.29) is 70.8 Å². The van der Waals surface area contributed by atoms with E-state index in [1.165, 1.54) is 0 Å². The Morgan fingerprint density at radius 3 is 2.00 bits per heavy atom. The van der Waals surface area contributed by atoms with Gasteiger partial charge in [0.25, 0.3) is 0 Å². The highest BCUT2D eigenvalue weighted by Crippen LogP contribution is 2.01. The van der Waals surface area contributed by atoms with Crippen LogP contribution in [0.15, 0.2) is 0 Å². The summed E-state index contributed by atoms with van der Waals surface area (Å²) in [4.78, 5) is 56.8. The maximum absolute atomic E-state index is 11.9. The molecule has 0 aliphatic heterocycles. The average molecular weight is 564 g/mol. The molecule has 5 N–H and O–H groups in total. The molecule has 0 aliphatic carbocycles. The number of ether oxygens (including phenoxy) is 4. The number of aliphatic carboxylic acids is 2. The van der Waals surface area contributed by atoms with Crippen molar-refractivity contribution in [1.82, 2.24) is 16.0 Å². The molecule has 0 aromatic heterocycles. The summed E-state index contributed by atoms with van der Waals surface area (Å²) in [6.07, 6.45) is 3.07. The Morgan fingerprint density at radius 2 is 1.33 bits per heavy atom. The summed E-state index contributed by atoms with van der Waals surface area (Å²) >= 11 is 0. The number of hydrogen-bond donors (Lipinski definition) is 5. The molecule has 0 aliphatic rings. The van der Waals surface area contributed by atoms with Gasteiger partial charge in [-0.05, 0) is 45.7 Å². The Morgan fingerprint density at radius 1 is 0.667 bits per heavy atom. The van der Waals surface area contributed by atoms with E-state index in [4.69, 9.17) is 24.1 Å². The number of nitrogens with one attached hydrogen (secondary N) is 3. The lowest BCUT2D eigenvalue weighted by Gasteiger charge is -2.14. The normalized spacial score (nSPS) is 11.6. The Bertz CT molecular complexity index is 707. The molecule has 0 bridgehead atoms. The smallest absolute Gasteiger partial charge is 0.326 e. The van der Waals surface area contributed by atoms with Gasteiger partial charge in [0.2, 0.25) is 11.8 Å². The van der Waals surface area contributed by atoms with E-state index in [2.05, 4.69) is 16.0 Å². The number of ketones is 1. The standard InChI is InChI=1S/C25H45N3O11/c1-26-10-3-2-7-21(25(34)35)28-23(31)19-39-17-14-36-12-5-6-20(29)18-38-16-15-37-13-11-27-22(30)8-4-9-24(32)33/h21,26H,2-19H2,1H3,(H,27,30)(H,28,31)(H,32,33)(H,34,35). The predicted octanol–water partition coefficient (Wildman–Crippen LogP) is -0.268. The van der Waals surface area contributed by atoms with Gasteiger partial charge in [-0.25, -0.2) is 4.79 Å². The van der Waals surface area contributed by atoms with Crippen LogP contribution in [-0.2, 0) is 42.9 Å². The molecule has 1 unspecified atom stereocenters. The number of Topliss-reactive ketones (excluding diaryl/α,β-unsaturated/α-hetero) is 1. The van der Waals surface area contributed by atoms with Crippen LogP contribution in [0.1, 0.15) is 51.4 Å². The van der Waals surface area contributed by atoms with Crippen LogP contribution in [0.5, 0.6) is 0 Å². The van der Waals surface area contributed by atoms with Gasteiger partial charge in [-0.3, -0.25) is 19.2 Å². The minimum Gasteiger partial charge on any atom is -0.481 e. The quantitative estimate of drug-likeness (QED) is 0.0782. The highest BCUT2D eigenvalue weighted by atomic mass is 16.5. The van der Waals surface area contributed by atoms with E-state index in [9.17, 15) is 29.1 Å². The van der Waals surface area contributed by atoms with Crippen molar-refractivity contribution in [2.45, 2.75) is 57.4 Å². The molecule has 14 nitrogen and oxygen atoms in total. The highest BCUT2D eigenvalue weighted by Gasteiger charge is 2.19. The van der Waals surface area contributed by atoms with Crippen molar-refractivity contribution in [2.75, 3.05) is 73.0 Å². The van der Waals surface area contributed by atoms with Crippen LogP contribution in [0.4, 0.5) is 0 Å². The van der Waals surface area contributed by atoms with Gasteiger partial charge in [-0.1, -0.05) is 0 Å². The van der Waals surface area contributed by atoms with Gasteiger partial charge in [0.1, 0.15) is 19.3 Å². The van der Waals surface area contributed by atoms with E-state index in [0.717, 1.165) is 13.0 Å². The summed E-state index contributed by atoms with van der Waals surface area (Å²) in [7, 11) is 1.82. The van der Waals surface area contributed by atoms with Crippen molar-refractivity contribution in [3.05, 3.63) is 0 Å². The maximum atomic E-state index is 11.9. The topological polar surface area (TPSA) is 199 Å². The fraction of sp³-hybridized carbons (Fsp3) is 0.800. The fourth-order valence-corrected chi connectivity index (χ4v) is 3.13. The molecule has 0 fully saturated rings. The Balaban J connectivity index is 3.54. The van der Waals surface area contributed by atoms with Crippen molar-refractivity contribution >= 4 is 29.5 Å². The summed E-state index contributed by atoms with van der Waals surface area (Å²) in [5.41, 5.74) is 0. The lowest BCUT2D eigenvalue weighted by molar-refractivity contribution is -0.143. The van der Waals surface area contributed by atoms with E-state index in [0.29, 0.717) is 45.3 Å². The predicted molar refractivity (Wildman–Crippen MR) is 139 cm³/mol. The Hall–Kier alpha value is -2.65. The zero-order chi connectivity index (χ0) is 29.1. The third kappa shape index (κ3) is 25.4. The molecule has 0 spiro atoms. The van der Waals surface area contributed by atoms with Gasteiger partial charge in [0, 0.05) is 32.4 Å². The molecule has 0 rings (SSSR count). The number of carboxylic acid groups (broad SMARTS) is 2. The van der Waals surface area contributed by atoms with E-state index >= 15 is 0 Å². The third-order valence-corrected chi connectivity index (χ3v) is 5.15. The van der Waals surface area contributed by atoms with Crippen LogP contribution in [0.25, 0.3) is 0 Å². The summed E-state index contributed by atoms with van der Waals surface area (Å²) < 4.78 is 21.1. The Labute approximate surface area is 229 Å². The molecule has 2 amide bonds. The summed E-state index contributed by atoms with van der Waals surface area (Å²) in [6.45, 7) is 2.36. The number of carboxylic acids is 2. The molecule has 0 aromatic rings. The molecule has 0 radical (unpaired) electrons. The van der Waals surface area contributed by atoms with Gasteiger partial charge in [0.15, 0.2) is 5.78 Å². The molecule has 39 heavy (non-hydrogen) atoms. The number of unbranched alkanes of at least 4 members (excludes halogenated alkanes) is 1. The van der Waals surface area contributed by atoms with Crippen LogP contribution in [0, 0.1) is 0 Å². The molecule has 0 saturated carbocycles. The molecular weight excluding hydrogens is 518 g/mol. The van der Waals surface area contributed by atoms with Crippen molar-refractivity contribution in [3.8, 4) is 0 Å². The average Bonchev–Trinajstić information content (AvgIpc) is 2.88. The molecule has 0 aromatic carbocycles. The molecule has 226 valence electrons. The first-order valence-electron chi connectivity index (χ1n) is 13.2. The number of carbonyl (C=O) groups excluding carboxylic acids is 3. The monoisotopic (exact) mass is 563 g/mol. The van der Waals surface area contributed by atoms with Gasteiger partial charge in [0.05, 0.1) is 33.0 Å². The number of rotatable bonds is 28. The summed E-state index contributed by atoms with van der Waals surface area (Å²) in [5.74, 6) is -2.79. The second-order valence-corrected chi connectivity index (χ2v) is 8.63. The van der Waals surface area contributed by atoms with Gasteiger partial charge in [-0.2, -0.15) is 0 Å². The van der Waals surface area contributed by atoms with Crippen LogP contribution in [0.2, 0.25) is 0 Å². The summed E-state index contributed by atoms with van der Waals surface area (Å²) in [5, 5.41) is 25.8. The molecule has 0 heterocycles. The lowest BCUT2D eigenvalue weighted by atomic mass is 10.1. The van der Waals surface area contributed by atoms with Crippen LogP contribution >= 0.6 is 0 Å². The first kappa shape index (κ1) is 36.4. The first-order valence-corrected chi connectivity index (χ1v) is 13.2. The van der Waals surface area contributed by atoms with Crippen LogP contribution < -0.4 is 16.0 Å². The molecule has 14 heteroatoms. The zero-order valence-electron chi connectivity index (χ0n) is 22.9. The SMILES string of the molecule is CNCCCCC(NC(=O)COCCOCCCC(=O)COCCOCCNC(=O)CCCC(=O)O)C(=O)O. The molecule has 1 atom stereocenters. The van der Waals surface area contributed by atoms with Crippen molar-refractivity contribution in [1.29, 1.82) is 0 Å². The molecule has 0 saturated heterocycles. The van der Waals surface area contributed by atoms with Crippen LogP contribution in [0.3, 0.4) is 0 Å². The van der Waals surface area contributed by atoms with Gasteiger partial charge in [-0.15, -0.1) is 0 Å². The minimum absolute atomic E-state index is 0.0330. The maximum Gasteiger partial charge on any atom is 0.326 e. The van der Waals surface area contributed by atoms with Crippen molar-refractivity contribution in [2.24, 2.45) is 0 Å². The fourth-order valence-electron chi connectivity index (χ4n) is 3.13. The summed E-state index contributed by atoms with van der Waals surface area (Å²) in [6, 6.07) is -0.938. The largest absolute Gasteiger partial charge is 0.481 e. The van der Waals surface area contributed by atoms with E-state index < -0.39 is 23.9 Å². The zero-order valence-corrected chi connectivity index (χ0v) is 22.9. The van der Waals surface area contributed by atoms with Gasteiger partial charge >= 0.3 is 11.9 Å². The number of carbonyl (C=O) groups is 5. The van der Waals surface area contributed by atoms with Crippen LogP contribution in [-0.4, -0.2) is 119 Å². The first-order chi connectivity index (χ1) is 18.8. The van der Waals surface area contributed by atoms with Crippen molar-refractivity contribution < 1.29 is 53.1 Å². The highest BCUT2D eigenvalue weighted by molar-refractivity contribution is 5.84. The Kier molecular flexibility index (Phi) is 23.9. The minimum atomic E-state index is -1.07. The second-order valence-electron chi connectivity index (χ2n) is 8.63. The lowest BCUT2D eigenvalue weighted by Crippen LogP contribution is -2.42. The van der Waals surface area contributed by atoms with E-state index in [1.54, 1.807) is 0 Å². The third-order valence-electron chi connectivity index (χ3n) is 5.15. The van der Waals surface area contributed by atoms with Crippen molar-refractivity contribution in [3.63, 3.8) is 0 Å². The van der Waals surface area contributed by atoms with E-state index in [1.807, 2.05) is 7.05 Å².